The predicted molar refractivity (Wildman–Crippen MR) is 120 cm³/mol. The molecule has 0 unspecified atom stereocenters. The SMILES string of the molecule is COc1ccc(C)cc1S(=O)(=O)N(CC(=O)NCCCOC(C)C)Cc1ccccc1. The van der Waals surface area contributed by atoms with Crippen LogP contribution in [0.1, 0.15) is 31.4 Å². The van der Waals surface area contributed by atoms with Gasteiger partial charge in [-0.2, -0.15) is 4.31 Å². The van der Waals surface area contributed by atoms with Crippen molar-refractivity contribution in [3.63, 3.8) is 0 Å². The van der Waals surface area contributed by atoms with Gasteiger partial charge >= 0.3 is 0 Å². The number of amides is 1. The molecule has 0 heterocycles. The summed E-state index contributed by atoms with van der Waals surface area (Å²) >= 11 is 0. The van der Waals surface area contributed by atoms with Crippen LogP contribution in [0, 0.1) is 6.92 Å². The van der Waals surface area contributed by atoms with Crippen LogP contribution in [0.4, 0.5) is 0 Å². The number of ether oxygens (including phenoxy) is 2. The van der Waals surface area contributed by atoms with E-state index in [1.165, 1.54) is 11.4 Å². The van der Waals surface area contributed by atoms with E-state index in [9.17, 15) is 13.2 Å². The van der Waals surface area contributed by atoms with Crippen molar-refractivity contribution in [2.75, 3.05) is 26.8 Å². The minimum absolute atomic E-state index is 0.0454. The normalized spacial score (nSPS) is 11.7. The molecule has 170 valence electrons. The zero-order chi connectivity index (χ0) is 22.9. The second-order valence-corrected chi connectivity index (χ2v) is 9.44. The molecular weight excluding hydrogens is 416 g/mol. The number of hydrogen-bond donors (Lipinski definition) is 1. The average Bonchev–Trinajstić information content (AvgIpc) is 2.73. The van der Waals surface area contributed by atoms with Gasteiger partial charge in [-0.25, -0.2) is 8.42 Å². The number of nitrogens with zero attached hydrogens (tertiary/aromatic N) is 1. The van der Waals surface area contributed by atoms with Crippen molar-refractivity contribution in [1.29, 1.82) is 0 Å². The fourth-order valence-corrected chi connectivity index (χ4v) is 4.60. The topological polar surface area (TPSA) is 84.9 Å². The molecule has 2 rings (SSSR count). The molecule has 31 heavy (non-hydrogen) atoms. The summed E-state index contributed by atoms with van der Waals surface area (Å²) in [6, 6.07) is 14.2. The van der Waals surface area contributed by atoms with E-state index in [1.54, 1.807) is 18.2 Å². The van der Waals surface area contributed by atoms with Crippen molar-refractivity contribution < 1.29 is 22.7 Å². The van der Waals surface area contributed by atoms with E-state index in [1.807, 2.05) is 51.1 Å². The Labute approximate surface area is 185 Å². The van der Waals surface area contributed by atoms with E-state index < -0.39 is 10.0 Å². The fraction of sp³-hybridized carbons (Fsp3) is 0.435. The van der Waals surface area contributed by atoms with Crippen LogP contribution in [0.15, 0.2) is 53.4 Å². The number of nitrogens with one attached hydrogen (secondary N) is 1. The first-order valence-corrected chi connectivity index (χ1v) is 11.7. The van der Waals surface area contributed by atoms with Gasteiger partial charge in [0.25, 0.3) is 0 Å². The van der Waals surface area contributed by atoms with Gasteiger partial charge in [0.1, 0.15) is 10.6 Å². The number of methoxy groups -OCH3 is 1. The quantitative estimate of drug-likeness (QED) is 0.504. The molecule has 2 aromatic carbocycles. The Kier molecular flexibility index (Phi) is 9.48. The van der Waals surface area contributed by atoms with E-state index in [0.29, 0.717) is 19.6 Å². The van der Waals surface area contributed by atoms with Gasteiger partial charge in [-0.1, -0.05) is 36.4 Å². The lowest BCUT2D eigenvalue weighted by Crippen LogP contribution is -2.40. The second kappa shape index (κ2) is 11.8. The third-order valence-electron chi connectivity index (χ3n) is 4.55. The number of carbonyl (C=O) groups excluding carboxylic acids is 1. The van der Waals surface area contributed by atoms with Crippen LogP contribution in [0.25, 0.3) is 0 Å². The molecular formula is C23H32N2O5S. The lowest BCUT2D eigenvalue weighted by atomic mass is 10.2. The molecule has 0 aliphatic rings. The predicted octanol–water partition coefficient (Wildman–Crippen LogP) is 3.13. The molecule has 0 bridgehead atoms. The number of rotatable bonds is 12. The number of sulfonamides is 1. The van der Waals surface area contributed by atoms with Crippen LogP contribution in [0.5, 0.6) is 5.75 Å². The minimum Gasteiger partial charge on any atom is -0.495 e. The van der Waals surface area contributed by atoms with Gasteiger partial charge in [0.05, 0.1) is 19.8 Å². The Morgan fingerprint density at radius 1 is 1.13 bits per heavy atom. The Hall–Kier alpha value is -2.42. The molecule has 2 aromatic rings. The largest absolute Gasteiger partial charge is 0.495 e. The van der Waals surface area contributed by atoms with Gasteiger partial charge in [0, 0.05) is 19.7 Å². The maximum absolute atomic E-state index is 13.5. The molecule has 8 heteroatoms. The summed E-state index contributed by atoms with van der Waals surface area (Å²) in [7, 11) is -2.56. The van der Waals surface area contributed by atoms with Crippen LogP contribution in [-0.4, -0.2) is 51.5 Å². The summed E-state index contributed by atoms with van der Waals surface area (Å²) in [6.07, 6.45) is 0.785. The van der Waals surface area contributed by atoms with Crippen molar-refractivity contribution in [3.05, 3.63) is 59.7 Å². The van der Waals surface area contributed by atoms with Crippen LogP contribution in [0.3, 0.4) is 0 Å². The maximum atomic E-state index is 13.5. The first-order chi connectivity index (χ1) is 14.7. The highest BCUT2D eigenvalue weighted by molar-refractivity contribution is 7.89. The fourth-order valence-electron chi connectivity index (χ4n) is 2.97. The van der Waals surface area contributed by atoms with E-state index in [-0.39, 0.29) is 35.7 Å². The van der Waals surface area contributed by atoms with Gasteiger partial charge in [-0.05, 0) is 50.5 Å². The minimum atomic E-state index is -3.98. The molecule has 0 saturated heterocycles. The van der Waals surface area contributed by atoms with Crippen LogP contribution < -0.4 is 10.1 Å². The third kappa shape index (κ3) is 7.65. The Bertz CT molecular complexity index is 946. The highest BCUT2D eigenvalue weighted by Gasteiger charge is 2.29. The molecule has 0 aliphatic heterocycles. The lowest BCUT2D eigenvalue weighted by molar-refractivity contribution is -0.121. The maximum Gasteiger partial charge on any atom is 0.247 e. The monoisotopic (exact) mass is 448 g/mol. The number of hydrogen-bond acceptors (Lipinski definition) is 5. The van der Waals surface area contributed by atoms with Crippen molar-refractivity contribution in [1.82, 2.24) is 9.62 Å². The second-order valence-electron chi connectivity index (χ2n) is 7.54. The smallest absolute Gasteiger partial charge is 0.247 e. The Morgan fingerprint density at radius 3 is 2.48 bits per heavy atom. The molecule has 0 fully saturated rings. The summed E-state index contributed by atoms with van der Waals surface area (Å²) in [5, 5.41) is 2.78. The highest BCUT2D eigenvalue weighted by atomic mass is 32.2. The van der Waals surface area contributed by atoms with Gasteiger partial charge < -0.3 is 14.8 Å². The lowest BCUT2D eigenvalue weighted by Gasteiger charge is -2.23. The first-order valence-electron chi connectivity index (χ1n) is 10.3. The molecule has 0 aliphatic carbocycles. The van der Waals surface area contributed by atoms with E-state index >= 15 is 0 Å². The van der Waals surface area contributed by atoms with Crippen molar-refractivity contribution in [2.24, 2.45) is 0 Å². The number of aryl methyl sites for hydroxylation is 1. The van der Waals surface area contributed by atoms with Crippen LogP contribution in [0.2, 0.25) is 0 Å². The molecule has 0 atom stereocenters. The summed E-state index contributed by atoms with van der Waals surface area (Å²) in [6.45, 7) is 6.44. The number of carbonyl (C=O) groups is 1. The zero-order valence-corrected chi connectivity index (χ0v) is 19.4. The summed E-state index contributed by atoms with van der Waals surface area (Å²) < 4.78 is 38.9. The van der Waals surface area contributed by atoms with E-state index in [4.69, 9.17) is 9.47 Å². The van der Waals surface area contributed by atoms with Crippen molar-refractivity contribution >= 4 is 15.9 Å². The Morgan fingerprint density at radius 2 is 1.84 bits per heavy atom. The standard InChI is InChI=1S/C23H32N2O5S/c1-18(2)30-14-8-13-24-23(26)17-25(16-20-9-6-5-7-10-20)31(27,28)22-15-19(3)11-12-21(22)29-4/h5-7,9-12,15,18H,8,13-14,16-17H2,1-4H3,(H,24,26). The van der Waals surface area contributed by atoms with Crippen LogP contribution in [-0.2, 0) is 26.1 Å². The third-order valence-corrected chi connectivity index (χ3v) is 6.37. The molecule has 0 saturated carbocycles. The Balaban J connectivity index is 2.20. The van der Waals surface area contributed by atoms with Crippen molar-refractivity contribution in [2.45, 2.75) is 44.7 Å². The summed E-state index contributed by atoms with van der Waals surface area (Å²) in [5.41, 5.74) is 1.57. The van der Waals surface area contributed by atoms with E-state index in [2.05, 4.69) is 5.32 Å². The molecule has 1 N–H and O–H groups in total. The van der Waals surface area contributed by atoms with Gasteiger partial charge in [-0.3, -0.25) is 4.79 Å². The molecule has 0 radical (unpaired) electrons. The first kappa shape index (κ1) is 24.8. The summed E-state index contributed by atoms with van der Waals surface area (Å²) in [4.78, 5) is 12.6. The summed E-state index contributed by atoms with van der Waals surface area (Å²) in [5.74, 6) is -0.120. The van der Waals surface area contributed by atoms with Crippen LogP contribution >= 0.6 is 0 Å². The van der Waals surface area contributed by atoms with Gasteiger partial charge in [0.2, 0.25) is 15.9 Å². The molecule has 0 aromatic heterocycles. The van der Waals surface area contributed by atoms with Crippen molar-refractivity contribution in [3.8, 4) is 5.75 Å². The number of benzene rings is 2. The molecule has 1 amide bonds. The average molecular weight is 449 g/mol. The zero-order valence-electron chi connectivity index (χ0n) is 18.6. The van der Waals surface area contributed by atoms with Gasteiger partial charge in [0.15, 0.2) is 0 Å². The highest BCUT2D eigenvalue weighted by Crippen LogP contribution is 2.28. The molecule has 7 nitrogen and oxygen atoms in total. The molecule has 0 spiro atoms. The van der Waals surface area contributed by atoms with E-state index in [0.717, 1.165) is 11.1 Å². The van der Waals surface area contributed by atoms with Gasteiger partial charge in [-0.15, -0.1) is 0 Å².